The lowest BCUT2D eigenvalue weighted by molar-refractivity contribution is -0.145. The molecule has 154 valence electrons. The summed E-state index contributed by atoms with van der Waals surface area (Å²) in [5.74, 6) is 0.0380. The zero-order chi connectivity index (χ0) is 20.1. The molecular weight excluding hydrogens is 362 g/mol. The van der Waals surface area contributed by atoms with E-state index in [4.69, 9.17) is 14.2 Å². The molecule has 2 aliphatic rings. The zero-order valence-electron chi connectivity index (χ0n) is 16.6. The van der Waals surface area contributed by atoms with Crippen LogP contribution in [0.15, 0.2) is 12.1 Å². The molecule has 1 heterocycles. The summed E-state index contributed by atoms with van der Waals surface area (Å²) in [6.45, 7) is 0.469. The van der Waals surface area contributed by atoms with E-state index in [1.54, 1.807) is 25.2 Å². The molecule has 7 heteroatoms. The van der Waals surface area contributed by atoms with Gasteiger partial charge in [-0.3, -0.25) is 9.59 Å². The van der Waals surface area contributed by atoms with Gasteiger partial charge in [0.05, 0.1) is 32.8 Å². The first-order valence-corrected chi connectivity index (χ1v) is 9.91. The van der Waals surface area contributed by atoms with Gasteiger partial charge < -0.3 is 24.2 Å². The normalized spacial score (nSPS) is 19.8. The van der Waals surface area contributed by atoms with Gasteiger partial charge in [0.15, 0.2) is 11.5 Å². The summed E-state index contributed by atoms with van der Waals surface area (Å²) >= 11 is 0. The van der Waals surface area contributed by atoms with Crippen molar-refractivity contribution in [2.45, 2.75) is 57.1 Å². The van der Waals surface area contributed by atoms with Crippen molar-refractivity contribution in [3.63, 3.8) is 0 Å². The lowest BCUT2D eigenvalue weighted by Gasteiger charge is -2.37. The summed E-state index contributed by atoms with van der Waals surface area (Å²) in [6.07, 6.45) is 6.11. The molecule has 1 saturated carbocycles. The second-order valence-corrected chi connectivity index (χ2v) is 7.43. The van der Waals surface area contributed by atoms with E-state index in [1.807, 2.05) is 6.07 Å². The Balaban J connectivity index is 1.79. The fraction of sp³-hybridized carbons (Fsp3) is 0.619. The Morgan fingerprint density at radius 3 is 2.43 bits per heavy atom. The zero-order valence-corrected chi connectivity index (χ0v) is 16.6. The van der Waals surface area contributed by atoms with Gasteiger partial charge in [0.1, 0.15) is 6.61 Å². The minimum absolute atomic E-state index is 0.00338. The smallest absolute Gasteiger partial charge is 0.305 e. The van der Waals surface area contributed by atoms with Gasteiger partial charge >= 0.3 is 5.97 Å². The number of fused-ring (bicyclic) bond motifs is 1. The van der Waals surface area contributed by atoms with Crippen LogP contribution in [-0.4, -0.2) is 55.4 Å². The van der Waals surface area contributed by atoms with Crippen molar-refractivity contribution in [3.8, 4) is 11.5 Å². The van der Waals surface area contributed by atoms with Crippen LogP contribution in [0.1, 0.15) is 55.7 Å². The molecule has 28 heavy (non-hydrogen) atoms. The number of ether oxygens (including phenoxy) is 3. The number of carbonyl (C=O) groups is 2. The summed E-state index contributed by atoms with van der Waals surface area (Å²) in [7, 11) is 3.11. The van der Waals surface area contributed by atoms with Gasteiger partial charge in [0.25, 0.3) is 0 Å². The number of nitrogens with zero attached hydrogens (tertiary/aromatic N) is 1. The Labute approximate surface area is 165 Å². The number of amides is 1. The van der Waals surface area contributed by atoms with Gasteiger partial charge in [-0.2, -0.15) is 0 Å². The van der Waals surface area contributed by atoms with E-state index in [1.165, 1.54) is 6.42 Å². The molecule has 7 nitrogen and oxygen atoms in total. The van der Waals surface area contributed by atoms with Gasteiger partial charge in [-0.05, 0) is 42.5 Å². The highest BCUT2D eigenvalue weighted by atomic mass is 16.5. The molecule has 1 aliphatic heterocycles. The monoisotopic (exact) mass is 391 g/mol. The molecule has 1 aliphatic carbocycles. The van der Waals surface area contributed by atoms with Crippen LogP contribution in [0.2, 0.25) is 0 Å². The third-order valence-electron chi connectivity index (χ3n) is 5.69. The van der Waals surface area contributed by atoms with Crippen LogP contribution in [0.5, 0.6) is 11.5 Å². The number of methoxy groups -OCH3 is 2. The Morgan fingerprint density at radius 1 is 1.11 bits per heavy atom. The van der Waals surface area contributed by atoms with E-state index in [-0.39, 0.29) is 25.0 Å². The summed E-state index contributed by atoms with van der Waals surface area (Å²) < 4.78 is 16.6. The number of carbonyl (C=O) groups excluding carboxylic acids is 1. The van der Waals surface area contributed by atoms with Crippen LogP contribution in [0.4, 0.5) is 0 Å². The minimum atomic E-state index is -0.946. The van der Waals surface area contributed by atoms with Crippen LogP contribution in [-0.2, 0) is 20.7 Å². The topological polar surface area (TPSA) is 85.3 Å². The number of carboxylic acids is 1. The molecule has 1 N–H and O–H groups in total. The fourth-order valence-electron chi connectivity index (χ4n) is 4.22. The standard InChI is InChI=1S/C21H29NO6/c1-26-18-10-14-8-9-22(20(23)13-28-15-6-4-3-5-7-15)17(12-21(24)25)16(14)11-19(18)27-2/h10-11,15,17H,3-9,12-13H2,1-2H3,(H,24,25). The number of benzene rings is 1. The molecule has 0 spiro atoms. The van der Waals surface area contributed by atoms with Crippen molar-refractivity contribution >= 4 is 11.9 Å². The van der Waals surface area contributed by atoms with E-state index in [0.717, 1.165) is 36.8 Å². The summed E-state index contributed by atoms with van der Waals surface area (Å²) in [4.78, 5) is 26.0. The van der Waals surface area contributed by atoms with Crippen molar-refractivity contribution < 1.29 is 28.9 Å². The maximum atomic E-state index is 12.9. The van der Waals surface area contributed by atoms with Crippen molar-refractivity contribution in [1.82, 2.24) is 4.90 Å². The van der Waals surface area contributed by atoms with Crippen molar-refractivity contribution in [2.24, 2.45) is 0 Å². The van der Waals surface area contributed by atoms with Gasteiger partial charge in [0.2, 0.25) is 5.91 Å². The summed E-state index contributed by atoms with van der Waals surface area (Å²) in [5, 5.41) is 9.43. The molecule has 1 fully saturated rings. The molecule has 1 unspecified atom stereocenters. The van der Waals surface area contributed by atoms with Gasteiger partial charge in [-0.15, -0.1) is 0 Å². The first-order valence-electron chi connectivity index (χ1n) is 9.91. The molecule has 0 saturated heterocycles. The molecule has 1 atom stereocenters. The Morgan fingerprint density at radius 2 is 1.79 bits per heavy atom. The predicted molar refractivity (Wildman–Crippen MR) is 103 cm³/mol. The minimum Gasteiger partial charge on any atom is -0.493 e. The highest BCUT2D eigenvalue weighted by Crippen LogP contribution is 2.39. The van der Waals surface area contributed by atoms with Gasteiger partial charge in [-0.25, -0.2) is 0 Å². The third kappa shape index (κ3) is 4.58. The van der Waals surface area contributed by atoms with Crippen molar-refractivity contribution in [2.75, 3.05) is 27.4 Å². The molecule has 1 aromatic carbocycles. The maximum absolute atomic E-state index is 12.9. The highest BCUT2D eigenvalue weighted by Gasteiger charge is 2.34. The van der Waals surface area contributed by atoms with E-state index < -0.39 is 12.0 Å². The fourth-order valence-corrected chi connectivity index (χ4v) is 4.22. The Hall–Kier alpha value is -2.28. The number of hydrogen-bond acceptors (Lipinski definition) is 5. The van der Waals surface area contributed by atoms with Crippen LogP contribution in [0.25, 0.3) is 0 Å². The summed E-state index contributed by atoms with van der Waals surface area (Å²) in [6, 6.07) is 3.13. The lowest BCUT2D eigenvalue weighted by atomic mass is 9.90. The van der Waals surface area contributed by atoms with E-state index in [2.05, 4.69) is 0 Å². The molecule has 1 aromatic rings. The molecule has 3 rings (SSSR count). The van der Waals surface area contributed by atoms with Gasteiger partial charge in [0, 0.05) is 6.54 Å². The van der Waals surface area contributed by atoms with Crippen LogP contribution in [0.3, 0.4) is 0 Å². The number of aliphatic carboxylic acids is 1. The SMILES string of the molecule is COc1cc2c(cc1OC)C(CC(=O)O)N(C(=O)COC1CCCCC1)CC2. The number of carboxylic acid groups (broad SMARTS) is 1. The van der Waals surface area contributed by atoms with Crippen LogP contribution in [0, 0.1) is 0 Å². The Kier molecular flexibility index (Phi) is 6.78. The largest absolute Gasteiger partial charge is 0.493 e. The average Bonchev–Trinajstić information content (AvgIpc) is 2.71. The second kappa shape index (κ2) is 9.28. The molecular formula is C21H29NO6. The first kappa shape index (κ1) is 20.5. The quantitative estimate of drug-likeness (QED) is 0.769. The van der Waals surface area contributed by atoms with Crippen molar-refractivity contribution in [3.05, 3.63) is 23.3 Å². The van der Waals surface area contributed by atoms with Crippen LogP contribution >= 0.6 is 0 Å². The van der Waals surface area contributed by atoms with Gasteiger partial charge in [-0.1, -0.05) is 19.3 Å². The third-order valence-corrected chi connectivity index (χ3v) is 5.69. The average molecular weight is 391 g/mol. The molecule has 0 bridgehead atoms. The van der Waals surface area contributed by atoms with Crippen LogP contribution < -0.4 is 9.47 Å². The molecule has 1 amide bonds. The highest BCUT2D eigenvalue weighted by molar-refractivity contribution is 5.80. The Bertz CT molecular complexity index is 713. The van der Waals surface area contributed by atoms with Crippen molar-refractivity contribution in [1.29, 1.82) is 0 Å². The predicted octanol–water partition coefficient (Wildman–Crippen LogP) is 2.95. The van der Waals surface area contributed by atoms with E-state index in [0.29, 0.717) is 24.5 Å². The van der Waals surface area contributed by atoms with E-state index >= 15 is 0 Å². The second-order valence-electron chi connectivity index (χ2n) is 7.43. The number of hydrogen-bond donors (Lipinski definition) is 1. The first-order chi connectivity index (χ1) is 13.5. The lowest BCUT2D eigenvalue weighted by Crippen LogP contribution is -2.43. The van der Waals surface area contributed by atoms with E-state index in [9.17, 15) is 14.7 Å². The molecule has 0 radical (unpaired) electrons. The molecule has 0 aromatic heterocycles. The summed E-state index contributed by atoms with van der Waals surface area (Å²) in [5.41, 5.74) is 1.79. The number of rotatable bonds is 7. The maximum Gasteiger partial charge on any atom is 0.305 e.